The molecule has 1 aromatic carbocycles. The van der Waals surface area contributed by atoms with Crippen LogP contribution in [0.4, 0.5) is 5.82 Å². The van der Waals surface area contributed by atoms with Crippen molar-refractivity contribution in [1.29, 1.82) is 0 Å². The van der Waals surface area contributed by atoms with Gasteiger partial charge in [0.2, 0.25) is 0 Å². The van der Waals surface area contributed by atoms with Gasteiger partial charge in [0.25, 0.3) is 0 Å². The van der Waals surface area contributed by atoms with E-state index in [2.05, 4.69) is 26.4 Å². The highest BCUT2D eigenvalue weighted by molar-refractivity contribution is 5.76. The topological polar surface area (TPSA) is 80.3 Å². The Morgan fingerprint density at radius 2 is 1.93 bits per heavy atom. The molecule has 1 atom stereocenters. The summed E-state index contributed by atoms with van der Waals surface area (Å²) in [7, 11) is 0. The smallest absolute Gasteiger partial charge is 0.165 e. The van der Waals surface area contributed by atoms with Gasteiger partial charge in [-0.3, -0.25) is 4.68 Å². The molecule has 1 aliphatic rings. The van der Waals surface area contributed by atoms with Crippen molar-refractivity contribution in [3.63, 3.8) is 0 Å². The van der Waals surface area contributed by atoms with Crippen molar-refractivity contribution >= 4 is 11.5 Å². The maximum atomic E-state index is 10.1. The normalized spacial score (nSPS) is 15.8. The van der Waals surface area contributed by atoms with Gasteiger partial charge in [-0.1, -0.05) is 31.0 Å². The third-order valence-corrected chi connectivity index (χ3v) is 5.75. The first-order chi connectivity index (χ1) is 14.2. The number of nitrogens with zero attached hydrogens (tertiary/aromatic N) is 5. The van der Waals surface area contributed by atoms with Crippen molar-refractivity contribution in [2.75, 3.05) is 5.32 Å². The highest BCUT2D eigenvalue weighted by Crippen LogP contribution is 2.32. The molecule has 0 amide bonds. The minimum absolute atomic E-state index is 0.0809. The molecule has 29 heavy (non-hydrogen) atoms. The van der Waals surface area contributed by atoms with Crippen LogP contribution in [0.5, 0.6) is 5.75 Å². The van der Waals surface area contributed by atoms with Crippen molar-refractivity contribution in [3.8, 4) is 16.9 Å². The molecule has 0 saturated heterocycles. The number of anilines is 1. The maximum absolute atomic E-state index is 10.1. The number of rotatable bonds is 5. The van der Waals surface area contributed by atoms with E-state index in [0.717, 1.165) is 28.2 Å². The summed E-state index contributed by atoms with van der Waals surface area (Å²) in [5.41, 5.74) is 3.62. The number of aromatic hydroxyl groups is 1. The van der Waals surface area contributed by atoms with E-state index in [1.54, 1.807) is 10.6 Å². The lowest BCUT2D eigenvalue weighted by Crippen LogP contribution is -2.08. The summed E-state index contributed by atoms with van der Waals surface area (Å²) in [6.07, 6.45) is 12.7. The predicted octanol–water partition coefficient (Wildman–Crippen LogP) is 4.59. The molecular formula is C22H24N6O. The summed E-state index contributed by atoms with van der Waals surface area (Å²) < 4.78 is 3.87. The third-order valence-electron chi connectivity index (χ3n) is 5.75. The van der Waals surface area contributed by atoms with Crippen LogP contribution in [0.2, 0.25) is 0 Å². The SMILES string of the molecule is CC(Nc1ccn2ncc(-c3cnn(C4CCCC4)c3)c2n1)c1ccccc1O. The van der Waals surface area contributed by atoms with Crippen molar-refractivity contribution in [1.82, 2.24) is 24.4 Å². The van der Waals surface area contributed by atoms with E-state index < -0.39 is 0 Å². The molecule has 2 N–H and O–H groups in total. The fraction of sp³-hybridized carbons (Fsp3) is 0.318. The molecule has 4 aromatic rings. The van der Waals surface area contributed by atoms with Crippen molar-refractivity contribution in [3.05, 3.63) is 60.7 Å². The van der Waals surface area contributed by atoms with Crippen LogP contribution in [0.1, 0.15) is 50.3 Å². The summed E-state index contributed by atoms with van der Waals surface area (Å²) in [5.74, 6) is 1.01. The second-order valence-corrected chi connectivity index (χ2v) is 7.71. The van der Waals surface area contributed by atoms with Crippen LogP contribution in [0.15, 0.2) is 55.1 Å². The number of hydrogen-bond acceptors (Lipinski definition) is 5. The van der Waals surface area contributed by atoms with Crippen molar-refractivity contribution in [2.45, 2.75) is 44.7 Å². The fourth-order valence-electron chi connectivity index (χ4n) is 4.15. The Morgan fingerprint density at radius 1 is 1.10 bits per heavy atom. The number of aromatic nitrogens is 5. The summed E-state index contributed by atoms with van der Waals surface area (Å²) in [6, 6.07) is 9.66. The zero-order chi connectivity index (χ0) is 19.8. The van der Waals surface area contributed by atoms with Crippen LogP contribution in [-0.4, -0.2) is 29.5 Å². The molecule has 3 heterocycles. The van der Waals surface area contributed by atoms with E-state index in [-0.39, 0.29) is 11.8 Å². The monoisotopic (exact) mass is 388 g/mol. The van der Waals surface area contributed by atoms with Gasteiger partial charge in [0, 0.05) is 29.1 Å². The van der Waals surface area contributed by atoms with Crippen molar-refractivity contribution in [2.24, 2.45) is 0 Å². The first-order valence-electron chi connectivity index (χ1n) is 10.1. The van der Waals surface area contributed by atoms with Gasteiger partial charge >= 0.3 is 0 Å². The molecule has 3 aromatic heterocycles. The highest BCUT2D eigenvalue weighted by atomic mass is 16.3. The zero-order valence-corrected chi connectivity index (χ0v) is 16.4. The maximum Gasteiger partial charge on any atom is 0.165 e. The third kappa shape index (κ3) is 3.33. The summed E-state index contributed by atoms with van der Waals surface area (Å²) in [4.78, 5) is 4.78. The van der Waals surface area contributed by atoms with Gasteiger partial charge in [-0.2, -0.15) is 10.2 Å². The molecule has 7 heteroatoms. The van der Waals surface area contributed by atoms with E-state index in [1.807, 2.05) is 49.8 Å². The van der Waals surface area contributed by atoms with Gasteiger partial charge in [0.1, 0.15) is 11.6 Å². The molecule has 0 radical (unpaired) electrons. The highest BCUT2D eigenvalue weighted by Gasteiger charge is 2.19. The molecule has 0 spiro atoms. The number of nitrogens with one attached hydrogen (secondary N) is 1. The lowest BCUT2D eigenvalue weighted by molar-refractivity contribution is 0.465. The Labute approximate surface area is 169 Å². The Hall–Kier alpha value is -3.35. The molecule has 1 unspecified atom stereocenters. The van der Waals surface area contributed by atoms with Gasteiger partial charge < -0.3 is 10.4 Å². The first-order valence-corrected chi connectivity index (χ1v) is 10.1. The summed E-state index contributed by atoms with van der Waals surface area (Å²) >= 11 is 0. The minimum Gasteiger partial charge on any atom is -0.508 e. The molecule has 1 aliphatic carbocycles. The van der Waals surface area contributed by atoms with Gasteiger partial charge in [0.15, 0.2) is 5.65 Å². The standard InChI is InChI=1S/C22H24N6O/c1-15(18-8-4-5-9-20(18)29)25-21-10-11-27-22(26-21)19(13-24-27)16-12-23-28(14-16)17-6-2-3-7-17/h4-5,8-15,17,29H,2-3,6-7H2,1H3,(H,25,26). The molecular weight excluding hydrogens is 364 g/mol. The molecule has 148 valence electrons. The lowest BCUT2D eigenvalue weighted by Gasteiger charge is -2.16. The van der Waals surface area contributed by atoms with Crippen LogP contribution in [0, 0.1) is 0 Å². The van der Waals surface area contributed by atoms with Crippen molar-refractivity contribution < 1.29 is 5.11 Å². The first kappa shape index (κ1) is 17.7. The molecule has 5 rings (SSSR count). The number of benzene rings is 1. The zero-order valence-electron chi connectivity index (χ0n) is 16.4. The quantitative estimate of drug-likeness (QED) is 0.523. The Morgan fingerprint density at radius 3 is 2.76 bits per heavy atom. The van der Waals surface area contributed by atoms with E-state index in [4.69, 9.17) is 4.98 Å². The number of para-hydroxylation sites is 1. The average Bonchev–Trinajstić information content (AvgIpc) is 3.47. The van der Waals surface area contributed by atoms with E-state index in [9.17, 15) is 5.11 Å². The molecule has 1 saturated carbocycles. The number of fused-ring (bicyclic) bond motifs is 1. The van der Waals surface area contributed by atoms with E-state index in [0.29, 0.717) is 6.04 Å². The van der Waals surface area contributed by atoms with Gasteiger partial charge in [0.05, 0.1) is 24.5 Å². The Balaban J connectivity index is 1.44. The minimum atomic E-state index is -0.0809. The van der Waals surface area contributed by atoms with Gasteiger partial charge in [-0.25, -0.2) is 9.50 Å². The predicted molar refractivity (Wildman–Crippen MR) is 112 cm³/mol. The van der Waals surface area contributed by atoms with Crippen LogP contribution in [0.25, 0.3) is 16.8 Å². The lowest BCUT2D eigenvalue weighted by atomic mass is 10.1. The second-order valence-electron chi connectivity index (χ2n) is 7.71. The van der Waals surface area contributed by atoms with Gasteiger partial charge in [-0.05, 0) is 31.9 Å². The second kappa shape index (κ2) is 7.24. The van der Waals surface area contributed by atoms with Crippen LogP contribution < -0.4 is 5.32 Å². The average molecular weight is 388 g/mol. The van der Waals surface area contributed by atoms with Crippen LogP contribution >= 0.6 is 0 Å². The Bertz CT molecular complexity index is 1140. The largest absolute Gasteiger partial charge is 0.508 e. The van der Waals surface area contributed by atoms with Crippen LogP contribution in [0.3, 0.4) is 0 Å². The molecule has 0 bridgehead atoms. The number of phenols is 1. The Kier molecular flexibility index (Phi) is 4.42. The van der Waals surface area contributed by atoms with Crippen LogP contribution in [-0.2, 0) is 0 Å². The van der Waals surface area contributed by atoms with E-state index in [1.165, 1.54) is 25.7 Å². The van der Waals surface area contributed by atoms with Gasteiger partial charge in [-0.15, -0.1) is 0 Å². The number of hydrogen-bond donors (Lipinski definition) is 2. The molecule has 7 nitrogen and oxygen atoms in total. The summed E-state index contributed by atoms with van der Waals surface area (Å²) in [5, 5.41) is 22.5. The number of phenolic OH excluding ortho intramolecular Hbond substituents is 1. The summed E-state index contributed by atoms with van der Waals surface area (Å²) in [6.45, 7) is 2.00. The fourth-order valence-corrected chi connectivity index (χ4v) is 4.15. The van der Waals surface area contributed by atoms with E-state index >= 15 is 0 Å². The molecule has 1 fully saturated rings. The molecule has 0 aliphatic heterocycles.